The van der Waals surface area contributed by atoms with Crippen molar-refractivity contribution in [1.29, 1.82) is 0 Å². The summed E-state index contributed by atoms with van der Waals surface area (Å²) in [6.45, 7) is 3.13. The molecule has 0 aliphatic heterocycles. The van der Waals surface area contributed by atoms with Gasteiger partial charge in [-0.3, -0.25) is 4.79 Å². The van der Waals surface area contributed by atoms with E-state index in [0.29, 0.717) is 12.5 Å². The van der Waals surface area contributed by atoms with Crippen molar-refractivity contribution in [3.8, 4) is 0 Å². The van der Waals surface area contributed by atoms with Gasteiger partial charge in [0.05, 0.1) is 0 Å². The lowest BCUT2D eigenvalue weighted by molar-refractivity contribution is -0.118. The molecule has 3 N–H and O–H groups in total. The quantitative estimate of drug-likeness (QED) is 0.675. The van der Waals surface area contributed by atoms with Crippen molar-refractivity contribution >= 4 is 5.91 Å². The zero-order valence-corrected chi connectivity index (χ0v) is 10.5. The van der Waals surface area contributed by atoms with Gasteiger partial charge in [-0.1, -0.05) is 30.3 Å². The molecule has 1 aromatic carbocycles. The van der Waals surface area contributed by atoms with E-state index in [1.807, 2.05) is 6.07 Å². The van der Waals surface area contributed by atoms with Crippen molar-refractivity contribution in [3.63, 3.8) is 0 Å². The predicted octanol–water partition coefficient (Wildman–Crippen LogP) is 1.86. The molecule has 0 aromatic heterocycles. The number of benzene rings is 1. The predicted molar refractivity (Wildman–Crippen MR) is 70.7 cm³/mol. The van der Waals surface area contributed by atoms with Crippen LogP contribution in [0.4, 0.5) is 0 Å². The van der Waals surface area contributed by atoms with E-state index in [0.717, 1.165) is 25.8 Å². The van der Waals surface area contributed by atoms with E-state index in [1.165, 1.54) is 5.56 Å². The molecule has 1 unspecified atom stereocenters. The Balaban J connectivity index is 2.09. The first kappa shape index (κ1) is 13.7. The van der Waals surface area contributed by atoms with E-state index >= 15 is 0 Å². The molecule has 1 rings (SSSR count). The van der Waals surface area contributed by atoms with Crippen molar-refractivity contribution in [2.24, 2.45) is 5.73 Å². The summed E-state index contributed by atoms with van der Waals surface area (Å²) < 4.78 is 0. The molecule has 1 aromatic rings. The standard InChI is InChI=1S/C14H22N2O/c1-12(11-13-7-3-2-4-8-13)16-10-6-5-9-14(15)17/h2-4,7-8,12,16H,5-6,9-11H2,1H3,(H2,15,17). The van der Waals surface area contributed by atoms with E-state index in [4.69, 9.17) is 5.73 Å². The number of carbonyl (C=O) groups excluding carboxylic acids is 1. The van der Waals surface area contributed by atoms with Crippen LogP contribution in [0.15, 0.2) is 30.3 Å². The second kappa shape index (κ2) is 7.85. The zero-order chi connectivity index (χ0) is 12.5. The fourth-order valence-electron chi connectivity index (χ4n) is 1.81. The fraction of sp³-hybridized carbons (Fsp3) is 0.500. The number of primary amides is 1. The molecule has 0 saturated carbocycles. The largest absolute Gasteiger partial charge is 0.370 e. The highest BCUT2D eigenvalue weighted by Crippen LogP contribution is 2.03. The van der Waals surface area contributed by atoms with Crippen LogP contribution in [0.1, 0.15) is 31.7 Å². The van der Waals surface area contributed by atoms with Crippen LogP contribution in [0.5, 0.6) is 0 Å². The molecule has 0 aliphatic rings. The van der Waals surface area contributed by atoms with Crippen molar-refractivity contribution in [2.75, 3.05) is 6.54 Å². The zero-order valence-electron chi connectivity index (χ0n) is 10.5. The third-order valence-corrected chi connectivity index (χ3v) is 2.73. The van der Waals surface area contributed by atoms with E-state index in [-0.39, 0.29) is 5.91 Å². The first-order valence-corrected chi connectivity index (χ1v) is 6.24. The normalized spacial score (nSPS) is 12.3. The summed E-state index contributed by atoms with van der Waals surface area (Å²) in [5, 5.41) is 3.45. The minimum Gasteiger partial charge on any atom is -0.370 e. The number of nitrogens with two attached hydrogens (primary N) is 1. The second-order valence-corrected chi connectivity index (χ2v) is 4.47. The van der Waals surface area contributed by atoms with Gasteiger partial charge in [-0.2, -0.15) is 0 Å². The average Bonchev–Trinajstić information content (AvgIpc) is 2.29. The van der Waals surface area contributed by atoms with Crippen LogP contribution in [0.2, 0.25) is 0 Å². The molecule has 3 heteroatoms. The minimum absolute atomic E-state index is 0.206. The van der Waals surface area contributed by atoms with Gasteiger partial charge < -0.3 is 11.1 Å². The monoisotopic (exact) mass is 234 g/mol. The molecule has 0 aliphatic carbocycles. The van der Waals surface area contributed by atoms with Crippen LogP contribution < -0.4 is 11.1 Å². The van der Waals surface area contributed by atoms with Gasteiger partial charge in [-0.25, -0.2) is 0 Å². The number of carbonyl (C=O) groups is 1. The van der Waals surface area contributed by atoms with Crippen molar-refractivity contribution in [2.45, 2.75) is 38.6 Å². The maximum absolute atomic E-state index is 10.5. The molecule has 0 fully saturated rings. The summed E-state index contributed by atoms with van der Waals surface area (Å²) in [5.41, 5.74) is 6.43. The Hall–Kier alpha value is -1.35. The summed E-state index contributed by atoms with van der Waals surface area (Å²) in [7, 11) is 0. The summed E-state index contributed by atoms with van der Waals surface area (Å²) in [5.74, 6) is -0.206. The average molecular weight is 234 g/mol. The highest BCUT2D eigenvalue weighted by Gasteiger charge is 2.02. The lowest BCUT2D eigenvalue weighted by atomic mass is 10.1. The van der Waals surface area contributed by atoms with E-state index in [9.17, 15) is 4.79 Å². The van der Waals surface area contributed by atoms with Crippen LogP contribution >= 0.6 is 0 Å². The van der Waals surface area contributed by atoms with Gasteiger partial charge in [0.25, 0.3) is 0 Å². The minimum atomic E-state index is -0.206. The van der Waals surface area contributed by atoms with Gasteiger partial charge >= 0.3 is 0 Å². The third kappa shape index (κ3) is 6.74. The molecule has 17 heavy (non-hydrogen) atoms. The first-order chi connectivity index (χ1) is 8.18. The molecule has 1 atom stereocenters. The molecule has 3 nitrogen and oxygen atoms in total. The first-order valence-electron chi connectivity index (χ1n) is 6.24. The molecule has 0 heterocycles. The number of hydrogen-bond acceptors (Lipinski definition) is 2. The SMILES string of the molecule is CC(Cc1ccccc1)NCCCCC(N)=O. The van der Waals surface area contributed by atoms with Crippen LogP contribution in [0.25, 0.3) is 0 Å². The molecule has 0 saturated heterocycles. The van der Waals surface area contributed by atoms with Gasteiger partial charge in [0, 0.05) is 12.5 Å². The number of nitrogens with one attached hydrogen (secondary N) is 1. The highest BCUT2D eigenvalue weighted by atomic mass is 16.1. The molecule has 0 radical (unpaired) electrons. The Morgan fingerprint density at radius 1 is 1.29 bits per heavy atom. The molecule has 0 spiro atoms. The summed E-state index contributed by atoms with van der Waals surface area (Å²) >= 11 is 0. The van der Waals surface area contributed by atoms with Crippen LogP contribution in [-0.4, -0.2) is 18.5 Å². The summed E-state index contributed by atoms with van der Waals surface area (Å²) in [6.07, 6.45) is 3.41. The van der Waals surface area contributed by atoms with Crippen molar-refractivity contribution in [1.82, 2.24) is 5.32 Å². The second-order valence-electron chi connectivity index (χ2n) is 4.47. The highest BCUT2D eigenvalue weighted by molar-refractivity contribution is 5.73. The maximum atomic E-state index is 10.5. The summed E-state index contributed by atoms with van der Waals surface area (Å²) in [6, 6.07) is 10.9. The fourth-order valence-corrected chi connectivity index (χ4v) is 1.81. The van der Waals surface area contributed by atoms with Crippen LogP contribution in [0.3, 0.4) is 0 Å². The molecule has 0 bridgehead atoms. The molecule has 94 valence electrons. The van der Waals surface area contributed by atoms with Gasteiger partial charge in [-0.15, -0.1) is 0 Å². The van der Waals surface area contributed by atoms with Gasteiger partial charge in [0.1, 0.15) is 0 Å². The smallest absolute Gasteiger partial charge is 0.217 e. The Labute approximate surface area is 103 Å². The maximum Gasteiger partial charge on any atom is 0.217 e. The molecular weight excluding hydrogens is 212 g/mol. The topological polar surface area (TPSA) is 55.1 Å². The van der Waals surface area contributed by atoms with E-state index in [1.54, 1.807) is 0 Å². The number of unbranched alkanes of at least 4 members (excludes halogenated alkanes) is 1. The molecule has 1 amide bonds. The number of hydrogen-bond donors (Lipinski definition) is 2. The van der Waals surface area contributed by atoms with E-state index in [2.05, 4.69) is 36.5 Å². The van der Waals surface area contributed by atoms with Gasteiger partial charge in [0.15, 0.2) is 0 Å². The lowest BCUT2D eigenvalue weighted by Crippen LogP contribution is -2.29. The van der Waals surface area contributed by atoms with Crippen molar-refractivity contribution < 1.29 is 4.79 Å². The number of rotatable bonds is 8. The number of amides is 1. The Bertz CT molecular complexity index is 324. The summed E-state index contributed by atoms with van der Waals surface area (Å²) in [4.78, 5) is 10.5. The Morgan fingerprint density at radius 3 is 2.65 bits per heavy atom. The van der Waals surface area contributed by atoms with Crippen LogP contribution in [0, 0.1) is 0 Å². The Morgan fingerprint density at radius 2 is 2.00 bits per heavy atom. The van der Waals surface area contributed by atoms with Gasteiger partial charge in [0.2, 0.25) is 5.91 Å². The van der Waals surface area contributed by atoms with E-state index < -0.39 is 0 Å². The lowest BCUT2D eigenvalue weighted by Gasteiger charge is -2.13. The third-order valence-electron chi connectivity index (χ3n) is 2.73. The van der Waals surface area contributed by atoms with Crippen LogP contribution in [-0.2, 0) is 11.2 Å². The molecular formula is C14H22N2O. The van der Waals surface area contributed by atoms with Crippen molar-refractivity contribution in [3.05, 3.63) is 35.9 Å². The Kier molecular flexibility index (Phi) is 6.33. The van der Waals surface area contributed by atoms with Gasteiger partial charge in [-0.05, 0) is 38.3 Å².